The van der Waals surface area contributed by atoms with Crippen molar-refractivity contribution >= 4 is 17.4 Å². The Morgan fingerprint density at radius 1 is 1.35 bits per heavy atom. The molecule has 0 bridgehead atoms. The van der Waals surface area contributed by atoms with Crippen molar-refractivity contribution < 1.29 is 4.79 Å². The lowest BCUT2D eigenvalue weighted by atomic mass is 9.99. The van der Waals surface area contributed by atoms with Gasteiger partial charge in [-0.05, 0) is 37.3 Å². The molecule has 0 aromatic heterocycles. The van der Waals surface area contributed by atoms with Crippen LogP contribution in [0.5, 0.6) is 0 Å². The number of carbonyl (C=O) groups excluding carboxylic acids is 1. The highest BCUT2D eigenvalue weighted by atomic mass is 16.2. The number of hydrogen-bond acceptors (Lipinski definition) is 2. The number of rotatable bonds is 3. The van der Waals surface area contributed by atoms with Crippen LogP contribution >= 0.6 is 0 Å². The van der Waals surface area contributed by atoms with E-state index < -0.39 is 0 Å². The number of piperidine rings is 1. The van der Waals surface area contributed by atoms with Crippen LogP contribution in [0.25, 0.3) is 0 Å². The van der Waals surface area contributed by atoms with Gasteiger partial charge in [-0.25, -0.2) is 4.79 Å². The van der Waals surface area contributed by atoms with Gasteiger partial charge in [0.1, 0.15) is 0 Å². The first kappa shape index (κ1) is 14.7. The maximum Gasteiger partial charge on any atom is 0.324 e. The van der Waals surface area contributed by atoms with Crippen LogP contribution in [0.15, 0.2) is 24.3 Å². The van der Waals surface area contributed by atoms with E-state index in [4.69, 9.17) is 5.73 Å². The third kappa shape index (κ3) is 3.24. The summed E-state index contributed by atoms with van der Waals surface area (Å²) in [6.07, 6.45) is 3.11. The minimum Gasteiger partial charge on any atom is -0.397 e. The summed E-state index contributed by atoms with van der Waals surface area (Å²) in [6.45, 7) is 6.75. The summed E-state index contributed by atoms with van der Waals surface area (Å²) in [5.74, 6) is 0.723. The van der Waals surface area contributed by atoms with Gasteiger partial charge in [0, 0.05) is 19.6 Å². The monoisotopic (exact) mass is 275 g/mol. The SMILES string of the molecule is CCCN(C(=O)N1CCC(C)CC1)c1ccccc1N. The second-order valence-corrected chi connectivity index (χ2v) is 5.66. The molecule has 4 heteroatoms. The van der Waals surface area contributed by atoms with Gasteiger partial charge < -0.3 is 10.6 Å². The Morgan fingerprint density at radius 3 is 2.60 bits per heavy atom. The molecule has 0 saturated carbocycles. The van der Waals surface area contributed by atoms with Gasteiger partial charge in [0.05, 0.1) is 11.4 Å². The summed E-state index contributed by atoms with van der Waals surface area (Å²) >= 11 is 0. The molecule has 1 saturated heterocycles. The number of hydrogen-bond donors (Lipinski definition) is 1. The molecule has 2 N–H and O–H groups in total. The lowest BCUT2D eigenvalue weighted by molar-refractivity contribution is 0.180. The third-order valence-electron chi connectivity index (χ3n) is 3.96. The van der Waals surface area contributed by atoms with E-state index in [0.717, 1.165) is 44.0 Å². The molecule has 0 unspecified atom stereocenters. The Bertz CT molecular complexity index is 453. The summed E-state index contributed by atoms with van der Waals surface area (Å²) in [6, 6.07) is 7.70. The van der Waals surface area contributed by atoms with E-state index in [1.165, 1.54) is 0 Å². The molecular formula is C16H25N3O. The van der Waals surface area contributed by atoms with Gasteiger partial charge in [-0.15, -0.1) is 0 Å². The molecule has 1 fully saturated rings. The van der Waals surface area contributed by atoms with E-state index in [1.807, 2.05) is 34.1 Å². The molecule has 1 aromatic rings. The van der Waals surface area contributed by atoms with Crippen molar-refractivity contribution in [3.8, 4) is 0 Å². The zero-order valence-corrected chi connectivity index (χ0v) is 12.5. The Morgan fingerprint density at radius 2 is 2.00 bits per heavy atom. The largest absolute Gasteiger partial charge is 0.397 e. The summed E-state index contributed by atoms with van der Waals surface area (Å²) in [5, 5.41) is 0. The van der Waals surface area contributed by atoms with Crippen molar-refractivity contribution in [2.45, 2.75) is 33.1 Å². The Labute approximate surface area is 121 Å². The molecular weight excluding hydrogens is 250 g/mol. The van der Waals surface area contributed by atoms with Gasteiger partial charge in [-0.1, -0.05) is 26.0 Å². The number of benzene rings is 1. The molecule has 1 aromatic carbocycles. The van der Waals surface area contributed by atoms with E-state index in [1.54, 1.807) is 0 Å². The maximum atomic E-state index is 12.7. The summed E-state index contributed by atoms with van der Waals surface area (Å²) in [5.41, 5.74) is 7.53. The van der Waals surface area contributed by atoms with Crippen LogP contribution in [0, 0.1) is 5.92 Å². The number of likely N-dealkylation sites (tertiary alicyclic amines) is 1. The van der Waals surface area contributed by atoms with Crippen molar-refractivity contribution in [3.63, 3.8) is 0 Å². The number of carbonyl (C=O) groups is 1. The summed E-state index contributed by atoms with van der Waals surface area (Å²) in [7, 11) is 0. The Balaban J connectivity index is 2.16. The molecule has 0 spiro atoms. The molecule has 1 aliphatic heterocycles. The van der Waals surface area contributed by atoms with Crippen molar-refractivity contribution in [1.29, 1.82) is 0 Å². The predicted octanol–water partition coefficient (Wildman–Crippen LogP) is 3.34. The quantitative estimate of drug-likeness (QED) is 0.860. The molecule has 20 heavy (non-hydrogen) atoms. The first-order valence-corrected chi connectivity index (χ1v) is 7.54. The lowest BCUT2D eigenvalue weighted by Gasteiger charge is -2.35. The highest BCUT2D eigenvalue weighted by Gasteiger charge is 2.26. The fourth-order valence-electron chi connectivity index (χ4n) is 2.65. The minimum atomic E-state index is 0.0941. The molecule has 1 aliphatic rings. The van der Waals surface area contributed by atoms with Crippen LogP contribution in [-0.4, -0.2) is 30.6 Å². The van der Waals surface area contributed by atoms with Crippen LogP contribution < -0.4 is 10.6 Å². The Kier molecular flexibility index (Phi) is 4.88. The normalized spacial score (nSPS) is 16.2. The van der Waals surface area contributed by atoms with Crippen LogP contribution in [0.1, 0.15) is 33.1 Å². The molecule has 0 atom stereocenters. The van der Waals surface area contributed by atoms with Crippen LogP contribution in [-0.2, 0) is 0 Å². The topological polar surface area (TPSA) is 49.6 Å². The number of nitrogens with two attached hydrogens (primary N) is 1. The number of nitrogen functional groups attached to an aromatic ring is 1. The van der Waals surface area contributed by atoms with Crippen LogP contribution in [0.3, 0.4) is 0 Å². The third-order valence-corrected chi connectivity index (χ3v) is 3.96. The molecule has 1 heterocycles. The lowest BCUT2D eigenvalue weighted by Crippen LogP contribution is -2.47. The molecule has 2 amide bonds. The van der Waals surface area contributed by atoms with Gasteiger partial charge in [-0.3, -0.25) is 4.90 Å². The molecule has 0 radical (unpaired) electrons. The number of amides is 2. The van der Waals surface area contributed by atoms with E-state index in [0.29, 0.717) is 12.2 Å². The standard InChI is InChI=1S/C16H25N3O/c1-3-10-19(15-7-5-4-6-14(15)17)16(20)18-11-8-13(2)9-12-18/h4-7,13H,3,8-12,17H2,1-2H3. The van der Waals surface area contributed by atoms with E-state index in [2.05, 4.69) is 13.8 Å². The predicted molar refractivity (Wildman–Crippen MR) is 83.9 cm³/mol. The fraction of sp³-hybridized carbons (Fsp3) is 0.562. The highest BCUT2D eigenvalue weighted by Crippen LogP contribution is 2.25. The van der Waals surface area contributed by atoms with Crippen LogP contribution in [0.4, 0.5) is 16.2 Å². The van der Waals surface area contributed by atoms with E-state index in [-0.39, 0.29) is 6.03 Å². The zero-order chi connectivity index (χ0) is 14.5. The first-order chi connectivity index (χ1) is 9.63. The van der Waals surface area contributed by atoms with Gasteiger partial charge in [-0.2, -0.15) is 0 Å². The zero-order valence-electron chi connectivity index (χ0n) is 12.5. The molecule has 2 rings (SSSR count). The summed E-state index contributed by atoms with van der Waals surface area (Å²) in [4.78, 5) is 16.5. The van der Waals surface area contributed by atoms with Gasteiger partial charge >= 0.3 is 6.03 Å². The second-order valence-electron chi connectivity index (χ2n) is 5.66. The van der Waals surface area contributed by atoms with Crippen molar-refractivity contribution in [2.24, 2.45) is 5.92 Å². The van der Waals surface area contributed by atoms with E-state index in [9.17, 15) is 4.79 Å². The molecule has 0 aliphatic carbocycles. The minimum absolute atomic E-state index is 0.0941. The fourth-order valence-corrected chi connectivity index (χ4v) is 2.65. The van der Waals surface area contributed by atoms with E-state index >= 15 is 0 Å². The highest BCUT2D eigenvalue weighted by molar-refractivity contribution is 5.95. The smallest absolute Gasteiger partial charge is 0.324 e. The van der Waals surface area contributed by atoms with Gasteiger partial charge in [0.2, 0.25) is 0 Å². The molecule has 110 valence electrons. The average molecular weight is 275 g/mol. The number of nitrogens with zero attached hydrogens (tertiary/aromatic N) is 2. The first-order valence-electron chi connectivity index (χ1n) is 7.54. The average Bonchev–Trinajstić information content (AvgIpc) is 2.46. The Hall–Kier alpha value is -1.71. The van der Waals surface area contributed by atoms with Crippen LogP contribution in [0.2, 0.25) is 0 Å². The van der Waals surface area contributed by atoms with Crippen molar-refractivity contribution in [3.05, 3.63) is 24.3 Å². The van der Waals surface area contributed by atoms with Gasteiger partial charge in [0.25, 0.3) is 0 Å². The maximum absolute atomic E-state index is 12.7. The molecule has 4 nitrogen and oxygen atoms in total. The van der Waals surface area contributed by atoms with Crippen molar-refractivity contribution in [1.82, 2.24) is 4.90 Å². The number of urea groups is 1. The van der Waals surface area contributed by atoms with Gasteiger partial charge in [0.15, 0.2) is 0 Å². The number of para-hydroxylation sites is 2. The van der Waals surface area contributed by atoms with Crippen molar-refractivity contribution in [2.75, 3.05) is 30.3 Å². The summed E-state index contributed by atoms with van der Waals surface area (Å²) < 4.78 is 0. The number of anilines is 2. The second kappa shape index (κ2) is 6.64.